The maximum Gasteiger partial charge on any atom is 0.136 e. The Hall–Kier alpha value is -7.62. The number of para-hydroxylation sites is 3. The summed E-state index contributed by atoms with van der Waals surface area (Å²) in [5.74, 6) is 0. The van der Waals surface area contributed by atoms with E-state index in [1.54, 1.807) is 0 Å². The summed E-state index contributed by atoms with van der Waals surface area (Å²) in [4.78, 5) is 0. The third kappa shape index (κ3) is 4.92. The predicted octanol–water partition coefficient (Wildman–Crippen LogP) is 14.8. The van der Waals surface area contributed by atoms with Crippen molar-refractivity contribution in [1.82, 2.24) is 9.13 Å². The molecule has 0 radical (unpaired) electrons. The molecule has 0 unspecified atom stereocenters. The summed E-state index contributed by atoms with van der Waals surface area (Å²) in [5, 5.41) is 7.21. The molecule has 12 aromatic rings. The highest BCUT2D eigenvalue weighted by molar-refractivity contribution is 6.16. The molecular formula is C54H34N2O. The Morgan fingerprint density at radius 3 is 1.53 bits per heavy atom. The highest BCUT2D eigenvalue weighted by Gasteiger charge is 2.18. The summed E-state index contributed by atoms with van der Waals surface area (Å²) in [5.41, 5.74) is 16.0. The number of furan rings is 1. The number of nitrogens with zero attached hydrogens (tertiary/aromatic N) is 2. The number of hydrogen-bond donors (Lipinski definition) is 0. The van der Waals surface area contributed by atoms with Crippen molar-refractivity contribution in [2.24, 2.45) is 0 Å². The van der Waals surface area contributed by atoms with Gasteiger partial charge in [-0.15, -0.1) is 0 Å². The predicted molar refractivity (Wildman–Crippen MR) is 239 cm³/mol. The van der Waals surface area contributed by atoms with E-state index in [-0.39, 0.29) is 0 Å². The van der Waals surface area contributed by atoms with E-state index in [1.165, 1.54) is 77.0 Å². The van der Waals surface area contributed by atoms with Crippen molar-refractivity contribution < 1.29 is 4.42 Å². The first kappa shape index (κ1) is 31.7. The van der Waals surface area contributed by atoms with E-state index in [2.05, 4.69) is 209 Å². The molecule has 3 heterocycles. The minimum absolute atomic E-state index is 0.906. The fourth-order valence-corrected chi connectivity index (χ4v) is 9.13. The molecule has 0 atom stereocenters. The lowest BCUT2D eigenvalue weighted by Gasteiger charge is -2.11. The summed E-state index contributed by atoms with van der Waals surface area (Å²) >= 11 is 0. The van der Waals surface area contributed by atoms with Crippen LogP contribution in [0, 0.1) is 0 Å². The van der Waals surface area contributed by atoms with Gasteiger partial charge in [0, 0.05) is 43.7 Å². The van der Waals surface area contributed by atoms with Gasteiger partial charge in [0.1, 0.15) is 11.2 Å². The highest BCUT2D eigenvalue weighted by Crippen LogP contribution is 2.42. The van der Waals surface area contributed by atoms with Crippen LogP contribution in [0.5, 0.6) is 0 Å². The molecule has 0 saturated heterocycles. The van der Waals surface area contributed by atoms with Crippen LogP contribution in [0.4, 0.5) is 0 Å². The number of fused-ring (bicyclic) bond motifs is 9. The molecule has 9 aromatic carbocycles. The zero-order chi connectivity index (χ0) is 37.5. The first-order chi connectivity index (χ1) is 28.3. The fraction of sp³-hybridized carbons (Fsp3) is 0. The van der Waals surface area contributed by atoms with Crippen molar-refractivity contribution in [1.29, 1.82) is 0 Å². The van der Waals surface area contributed by atoms with Crippen molar-refractivity contribution in [2.45, 2.75) is 0 Å². The van der Waals surface area contributed by atoms with Crippen LogP contribution < -0.4 is 0 Å². The third-order valence-electron chi connectivity index (χ3n) is 11.7. The summed E-state index contributed by atoms with van der Waals surface area (Å²) in [6, 6.07) is 74.5. The molecule has 0 bridgehead atoms. The van der Waals surface area contributed by atoms with Crippen LogP contribution in [0.2, 0.25) is 0 Å². The van der Waals surface area contributed by atoms with Crippen molar-refractivity contribution in [3.05, 3.63) is 206 Å². The molecule has 0 fully saturated rings. The van der Waals surface area contributed by atoms with Gasteiger partial charge in [-0.2, -0.15) is 0 Å². The first-order valence-corrected chi connectivity index (χ1v) is 19.5. The molecule has 0 N–H and O–H groups in total. The van der Waals surface area contributed by atoms with Crippen LogP contribution >= 0.6 is 0 Å². The van der Waals surface area contributed by atoms with Crippen LogP contribution in [0.3, 0.4) is 0 Å². The zero-order valence-corrected chi connectivity index (χ0v) is 30.9. The van der Waals surface area contributed by atoms with E-state index in [4.69, 9.17) is 4.42 Å². The Bertz CT molecular complexity index is 3510. The molecule has 266 valence electrons. The molecule has 0 aliphatic rings. The standard InChI is InChI=1S/C54H34N2O/c1-3-13-35(14-4-1)36-15-11-18-41(31-36)56-48-22-9-7-19-43(48)45-32-37(25-28-49(45)56)38-26-29-50-46(33-38)47-34-39(27-30-51(47)55(50)40-16-5-2-6-17-40)42-21-12-24-53-54(42)44-20-8-10-23-52(44)57-53/h1-34H. The average Bonchev–Trinajstić information content (AvgIpc) is 3.94. The van der Waals surface area contributed by atoms with E-state index in [1.807, 2.05) is 6.07 Å². The molecule has 3 heteroatoms. The molecule has 3 aromatic heterocycles. The Morgan fingerprint density at radius 1 is 0.281 bits per heavy atom. The second-order valence-electron chi connectivity index (χ2n) is 14.9. The Morgan fingerprint density at radius 2 is 0.772 bits per heavy atom. The van der Waals surface area contributed by atoms with Crippen LogP contribution in [0.25, 0.3) is 110 Å². The van der Waals surface area contributed by atoms with Crippen LogP contribution in [-0.2, 0) is 0 Å². The minimum Gasteiger partial charge on any atom is -0.456 e. The van der Waals surface area contributed by atoms with E-state index < -0.39 is 0 Å². The lowest BCUT2D eigenvalue weighted by Crippen LogP contribution is -1.94. The Labute approximate surface area is 328 Å². The molecule has 57 heavy (non-hydrogen) atoms. The van der Waals surface area contributed by atoms with Crippen molar-refractivity contribution in [3.63, 3.8) is 0 Å². The number of hydrogen-bond acceptors (Lipinski definition) is 1. The quantitative estimate of drug-likeness (QED) is 0.173. The molecule has 0 spiro atoms. The van der Waals surface area contributed by atoms with Gasteiger partial charge in [-0.05, 0) is 112 Å². The third-order valence-corrected chi connectivity index (χ3v) is 11.7. The van der Waals surface area contributed by atoms with Gasteiger partial charge in [0.15, 0.2) is 0 Å². The first-order valence-electron chi connectivity index (χ1n) is 19.5. The lowest BCUT2D eigenvalue weighted by molar-refractivity contribution is 0.669. The van der Waals surface area contributed by atoms with Gasteiger partial charge in [0.05, 0.1) is 22.1 Å². The summed E-state index contributed by atoms with van der Waals surface area (Å²) in [6.07, 6.45) is 0. The van der Waals surface area contributed by atoms with Gasteiger partial charge < -0.3 is 13.6 Å². The van der Waals surface area contributed by atoms with Crippen molar-refractivity contribution in [2.75, 3.05) is 0 Å². The summed E-state index contributed by atoms with van der Waals surface area (Å²) in [7, 11) is 0. The molecular weight excluding hydrogens is 693 g/mol. The fourth-order valence-electron chi connectivity index (χ4n) is 9.13. The molecule has 12 rings (SSSR count). The zero-order valence-electron chi connectivity index (χ0n) is 30.9. The van der Waals surface area contributed by atoms with Gasteiger partial charge in [0.25, 0.3) is 0 Å². The van der Waals surface area contributed by atoms with Gasteiger partial charge in [-0.1, -0.05) is 127 Å². The number of aromatic nitrogens is 2. The van der Waals surface area contributed by atoms with E-state index >= 15 is 0 Å². The van der Waals surface area contributed by atoms with Gasteiger partial charge in [0.2, 0.25) is 0 Å². The van der Waals surface area contributed by atoms with Gasteiger partial charge in [-0.3, -0.25) is 0 Å². The second-order valence-corrected chi connectivity index (χ2v) is 14.9. The van der Waals surface area contributed by atoms with E-state index in [0.717, 1.165) is 33.3 Å². The monoisotopic (exact) mass is 726 g/mol. The van der Waals surface area contributed by atoms with Crippen LogP contribution in [-0.4, -0.2) is 9.13 Å². The SMILES string of the molecule is c1ccc(-c2cccc(-n3c4ccccc4c4cc(-c5ccc6c(c5)c5cc(-c7cccc8oc9ccccc9c78)ccc5n6-c5ccccc5)ccc43)c2)cc1. The molecule has 0 saturated carbocycles. The second kappa shape index (κ2) is 12.5. The van der Waals surface area contributed by atoms with Gasteiger partial charge >= 0.3 is 0 Å². The molecule has 3 nitrogen and oxygen atoms in total. The van der Waals surface area contributed by atoms with E-state index in [0.29, 0.717) is 0 Å². The van der Waals surface area contributed by atoms with E-state index in [9.17, 15) is 0 Å². The van der Waals surface area contributed by atoms with Gasteiger partial charge in [-0.25, -0.2) is 0 Å². The topological polar surface area (TPSA) is 23.0 Å². The van der Waals surface area contributed by atoms with Crippen molar-refractivity contribution >= 4 is 65.6 Å². The van der Waals surface area contributed by atoms with Crippen LogP contribution in [0.15, 0.2) is 211 Å². The number of benzene rings is 9. The maximum absolute atomic E-state index is 6.30. The highest BCUT2D eigenvalue weighted by atomic mass is 16.3. The average molecular weight is 727 g/mol. The normalized spacial score (nSPS) is 11.9. The van der Waals surface area contributed by atoms with Crippen molar-refractivity contribution in [3.8, 4) is 44.8 Å². The summed E-state index contributed by atoms with van der Waals surface area (Å²) < 4.78 is 11.1. The Kier molecular flexibility index (Phi) is 6.93. The molecule has 0 amide bonds. The minimum atomic E-state index is 0.906. The number of rotatable bonds is 5. The Balaban J connectivity index is 1.05. The summed E-state index contributed by atoms with van der Waals surface area (Å²) in [6.45, 7) is 0. The largest absolute Gasteiger partial charge is 0.456 e. The molecule has 0 aliphatic heterocycles. The lowest BCUT2D eigenvalue weighted by atomic mass is 9.97. The molecule has 0 aliphatic carbocycles. The smallest absolute Gasteiger partial charge is 0.136 e. The van der Waals surface area contributed by atoms with Crippen LogP contribution in [0.1, 0.15) is 0 Å². The maximum atomic E-state index is 6.30.